The first-order valence-corrected chi connectivity index (χ1v) is 8.29. The standard InChI is InChI=1S/C17H25N3O2/c21-17(14-19-8-10-22-11-9-19)20-7-3-4-15(13-20)12-16-5-1-2-6-18-16/h1-2,5-6,15H,3-4,7-14H2/t15-/m1/s1. The van der Waals surface area contributed by atoms with Crippen LogP contribution in [0.1, 0.15) is 18.5 Å². The van der Waals surface area contributed by atoms with Gasteiger partial charge >= 0.3 is 0 Å². The summed E-state index contributed by atoms with van der Waals surface area (Å²) in [5.74, 6) is 0.810. The van der Waals surface area contributed by atoms with Gasteiger partial charge in [-0.15, -0.1) is 0 Å². The Morgan fingerprint density at radius 2 is 2.14 bits per heavy atom. The van der Waals surface area contributed by atoms with Gasteiger partial charge in [0, 0.05) is 38.1 Å². The van der Waals surface area contributed by atoms with E-state index in [0.717, 1.165) is 57.9 Å². The van der Waals surface area contributed by atoms with E-state index in [4.69, 9.17) is 4.74 Å². The zero-order valence-corrected chi connectivity index (χ0v) is 13.1. The molecule has 120 valence electrons. The Kier molecular flexibility index (Phi) is 5.40. The van der Waals surface area contributed by atoms with Crippen molar-refractivity contribution in [3.05, 3.63) is 30.1 Å². The first-order chi connectivity index (χ1) is 10.8. The Morgan fingerprint density at radius 1 is 1.27 bits per heavy atom. The van der Waals surface area contributed by atoms with Gasteiger partial charge in [0.2, 0.25) is 5.91 Å². The van der Waals surface area contributed by atoms with Gasteiger partial charge in [-0.2, -0.15) is 0 Å². The van der Waals surface area contributed by atoms with Gasteiger partial charge in [0.1, 0.15) is 0 Å². The predicted octanol–water partition coefficient (Wildman–Crippen LogP) is 1.19. The predicted molar refractivity (Wildman–Crippen MR) is 84.5 cm³/mol. The molecule has 0 aliphatic carbocycles. The van der Waals surface area contributed by atoms with Crippen LogP contribution in [0.25, 0.3) is 0 Å². The molecule has 0 radical (unpaired) electrons. The van der Waals surface area contributed by atoms with Crippen LogP contribution in [0.4, 0.5) is 0 Å². The number of morpholine rings is 1. The van der Waals surface area contributed by atoms with Crippen molar-refractivity contribution in [1.82, 2.24) is 14.8 Å². The zero-order valence-electron chi connectivity index (χ0n) is 13.1. The molecule has 1 atom stereocenters. The molecule has 0 aromatic carbocycles. The molecule has 1 aromatic rings. The normalized spacial score (nSPS) is 23.5. The molecular weight excluding hydrogens is 278 g/mol. The number of carbonyl (C=O) groups excluding carboxylic acids is 1. The molecule has 0 spiro atoms. The summed E-state index contributed by atoms with van der Waals surface area (Å²) >= 11 is 0. The van der Waals surface area contributed by atoms with Crippen LogP contribution in [-0.4, -0.2) is 66.6 Å². The van der Waals surface area contributed by atoms with E-state index in [-0.39, 0.29) is 5.91 Å². The number of aromatic nitrogens is 1. The number of hydrogen-bond acceptors (Lipinski definition) is 4. The highest BCUT2D eigenvalue weighted by atomic mass is 16.5. The topological polar surface area (TPSA) is 45.7 Å². The number of pyridine rings is 1. The number of amides is 1. The molecule has 2 aliphatic rings. The second-order valence-corrected chi connectivity index (χ2v) is 6.26. The molecule has 2 fully saturated rings. The lowest BCUT2D eigenvalue weighted by molar-refractivity contribution is -0.135. The molecule has 5 heteroatoms. The Bertz CT molecular complexity index is 474. The molecule has 2 aliphatic heterocycles. The number of hydrogen-bond donors (Lipinski definition) is 0. The van der Waals surface area contributed by atoms with Gasteiger partial charge in [0.15, 0.2) is 0 Å². The van der Waals surface area contributed by atoms with E-state index in [0.29, 0.717) is 12.5 Å². The molecular formula is C17H25N3O2. The van der Waals surface area contributed by atoms with Gasteiger partial charge in [-0.25, -0.2) is 0 Å². The summed E-state index contributed by atoms with van der Waals surface area (Å²) < 4.78 is 5.34. The van der Waals surface area contributed by atoms with Crippen molar-refractivity contribution in [2.24, 2.45) is 5.92 Å². The van der Waals surface area contributed by atoms with E-state index < -0.39 is 0 Å². The third-order valence-corrected chi connectivity index (χ3v) is 4.56. The van der Waals surface area contributed by atoms with E-state index in [9.17, 15) is 4.79 Å². The lowest BCUT2D eigenvalue weighted by atomic mass is 9.93. The molecule has 3 rings (SSSR count). The minimum atomic E-state index is 0.271. The third-order valence-electron chi connectivity index (χ3n) is 4.56. The molecule has 2 saturated heterocycles. The van der Waals surface area contributed by atoms with Gasteiger partial charge < -0.3 is 9.64 Å². The minimum absolute atomic E-state index is 0.271. The molecule has 0 saturated carbocycles. The van der Waals surface area contributed by atoms with Gasteiger partial charge in [0.05, 0.1) is 19.8 Å². The maximum Gasteiger partial charge on any atom is 0.236 e. The van der Waals surface area contributed by atoms with E-state index in [1.165, 1.54) is 6.42 Å². The van der Waals surface area contributed by atoms with Crippen LogP contribution in [0.3, 0.4) is 0 Å². The molecule has 1 aromatic heterocycles. The number of rotatable bonds is 4. The number of ether oxygens (including phenoxy) is 1. The third kappa shape index (κ3) is 4.27. The summed E-state index contributed by atoms with van der Waals surface area (Å²) in [5, 5.41) is 0. The lowest BCUT2D eigenvalue weighted by Crippen LogP contribution is -2.47. The van der Waals surface area contributed by atoms with Crippen LogP contribution < -0.4 is 0 Å². The summed E-state index contributed by atoms with van der Waals surface area (Å²) in [5.41, 5.74) is 1.13. The fourth-order valence-electron chi connectivity index (χ4n) is 3.32. The monoisotopic (exact) mass is 303 g/mol. The molecule has 22 heavy (non-hydrogen) atoms. The van der Waals surface area contributed by atoms with Crippen LogP contribution in [0.5, 0.6) is 0 Å². The van der Waals surface area contributed by atoms with E-state index in [2.05, 4.69) is 16.0 Å². The summed E-state index contributed by atoms with van der Waals surface area (Å²) in [6, 6.07) is 6.06. The van der Waals surface area contributed by atoms with Crippen LogP contribution in [0.2, 0.25) is 0 Å². The largest absolute Gasteiger partial charge is 0.379 e. The average Bonchev–Trinajstić information content (AvgIpc) is 2.57. The van der Waals surface area contributed by atoms with Crippen molar-refractivity contribution < 1.29 is 9.53 Å². The summed E-state index contributed by atoms with van der Waals surface area (Å²) in [6.07, 6.45) is 5.12. The molecule has 1 amide bonds. The fraction of sp³-hybridized carbons (Fsp3) is 0.647. The highest BCUT2D eigenvalue weighted by Gasteiger charge is 2.25. The van der Waals surface area contributed by atoms with Crippen molar-refractivity contribution >= 4 is 5.91 Å². The van der Waals surface area contributed by atoms with Crippen molar-refractivity contribution in [1.29, 1.82) is 0 Å². The smallest absolute Gasteiger partial charge is 0.236 e. The van der Waals surface area contributed by atoms with Gasteiger partial charge in [-0.05, 0) is 37.3 Å². The van der Waals surface area contributed by atoms with Crippen LogP contribution in [0, 0.1) is 5.92 Å². The molecule has 0 bridgehead atoms. The highest BCUT2D eigenvalue weighted by Crippen LogP contribution is 2.20. The minimum Gasteiger partial charge on any atom is -0.379 e. The van der Waals surface area contributed by atoms with Crippen molar-refractivity contribution in [3.63, 3.8) is 0 Å². The zero-order chi connectivity index (χ0) is 15.2. The summed E-state index contributed by atoms with van der Waals surface area (Å²) in [4.78, 5) is 21.2. The van der Waals surface area contributed by atoms with Gasteiger partial charge in [0.25, 0.3) is 0 Å². The van der Waals surface area contributed by atoms with Crippen molar-refractivity contribution in [3.8, 4) is 0 Å². The maximum atomic E-state index is 12.5. The second kappa shape index (κ2) is 7.70. The quantitative estimate of drug-likeness (QED) is 0.838. The first-order valence-electron chi connectivity index (χ1n) is 8.29. The number of nitrogens with zero attached hydrogens (tertiary/aromatic N) is 3. The van der Waals surface area contributed by atoms with E-state index in [1.54, 1.807) is 0 Å². The Balaban J connectivity index is 1.50. The van der Waals surface area contributed by atoms with E-state index >= 15 is 0 Å². The molecule has 5 nitrogen and oxygen atoms in total. The average molecular weight is 303 g/mol. The summed E-state index contributed by atoms with van der Waals surface area (Å²) in [7, 11) is 0. The SMILES string of the molecule is O=C(CN1CCOCC1)N1CCC[C@H](Cc2ccccn2)C1. The van der Waals surface area contributed by atoms with Gasteiger partial charge in [-0.1, -0.05) is 6.07 Å². The molecule has 3 heterocycles. The number of likely N-dealkylation sites (tertiary alicyclic amines) is 1. The second-order valence-electron chi connectivity index (χ2n) is 6.26. The highest BCUT2D eigenvalue weighted by molar-refractivity contribution is 5.78. The Labute approximate surface area is 132 Å². The van der Waals surface area contributed by atoms with Crippen molar-refractivity contribution in [2.75, 3.05) is 45.9 Å². The Hall–Kier alpha value is -1.46. The van der Waals surface area contributed by atoms with Crippen molar-refractivity contribution in [2.45, 2.75) is 19.3 Å². The first kappa shape index (κ1) is 15.4. The number of carbonyl (C=O) groups is 1. The van der Waals surface area contributed by atoms with Gasteiger partial charge in [-0.3, -0.25) is 14.7 Å². The summed E-state index contributed by atoms with van der Waals surface area (Å²) in [6.45, 7) is 5.56. The Morgan fingerprint density at radius 3 is 2.91 bits per heavy atom. The molecule has 0 unspecified atom stereocenters. The van der Waals surface area contributed by atoms with Crippen LogP contribution in [0.15, 0.2) is 24.4 Å². The van der Waals surface area contributed by atoms with E-state index in [1.807, 2.05) is 23.2 Å². The van der Waals surface area contributed by atoms with Crippen LogP contribution >= 0.6 is 0 Å². The van der Waals surface area contributed by atoms with Crippen LogP contribution in [-0.2, 0) is 16.0 Å². The maximum absolute atomic E-state index is 12.5. The molecule has 0 N–H and O–H groups in total. The number of piperidine rings is 1. The fourth-order valence-corrected chi connectivity index (χ4v) is 3.32. The lowest BCUT2D eigenvalue weighted by Gasteiger charge is -2.35.